The largest absolute Gasteiger partial charge is 0.487 e. The molecule has 34 heavy (non-hydrogen) atoms. The molecule has 1 aliphatic rings. The summed E-state index contributed by atoms with van der Waals surface area (Å²) in [6, 6.07) is 17.8. The van der Waals surface area contributed by atoms with Crippen molar-refractivity contribution in [2.75, 3.05) is 0 Å². The lowest BCUT2D eigenvalue weighted by Gasteiger charge is -2.25. The van der Waals surface area contributed by atoms with E-state index in [0.29, 0.717) is 25.3 Å². The van der Waals surface area contributed by atoms with Crippen LogP contribution in [0.25, 0.3) is 0 Å². The van der Waals surface area contributed by atoms with Gasteiger partial charge < -0.3 is 14.0 Å². The third-order valence-corrected chi connectivity index (χ3v) is 6.16. The quantitative estimate of drug-likeness (QED) is 0.352. The predicted octanol–water partition coefficient (Wildman–Crippen LogP) is 5.50. The highest BCUT2D eigenvalue weighted by molar-refractivity contribution is 5.99. The molecule has 6 heteroatoms. The Morgan fingerprint density at radius 2 is 1.94 bits per heavy atom. The molecule has 1 unspecified atom stereocenters. The Hall–Kier alpha value is -3.93. The number of aromatic nitrogens is 3. The molecule has 1 aliphatic carbocycles. The van der Waals surface area contributed by atoms with Crippen LogP contribution < -0.4 is 9.47 Å². The van der Waals surface area contributed by atoms with Crippen molar-refractivity contribution in [1.82, 2.24) is 14.5 Å². The van der Waals surface area contributed by atoms with Crippen LogP contribution in [0.15, 0.2) is 79.5 Å². The maximum atomic E-state index is 12.6. The molecule has 172 valence electrons. The van der Waals surface area contributed by atoms with Gasteiger partial charge in [-0.15, -0.1) is 0 Å². The number of hydrogen-bond donors (Lipinski definition) is 0. The number of Topliss-reactive ketones (excluding diaryl/α,β-unsaturated/α-hetero) is 1. The molecule has 0 amide bonds. The highest BCUT2D eigenvalue weighted by atomic mass is 16.5. The summed E-state index contributed by atoms with van der Waals surface area (Å²) in [6.07, 6.45) is 9.24. The second-order valence-corrected chi connectivity index (χ2v) is 8.55. The molecule has 5 rings (SSSR count). The van der Waals surface area contributed by atoms with Gasteiger partial charge in [0.25, 0.3) is 0 Å². The van der Waals surface area contributed by atoms with E-state index < -0.39 is 0 Å². The summed E-state index contributed by atoms with van der Waals surface area (Å²) in [5, 5.41) is 0. The summed E-state index contributed by atoms with van der Waals surface area (Å²) in [5.74, 6) is 1.61. The summed E-state index contributed by atoms with van der Waals surface area (Å²) in [6.45, 7) is 2.87. The van der Waals surface area contributed by atoms with E-state index in [1.165, 1.54) is 0 Å². The van der Waals surface area contributed by atoms with E-state index in [1.807, 2.05) is 60.2 Å². The number of carbonyl (C=O) groups excluding carboxylic acids is 1. The summed E-state index contributed by atoms with van der Waals surface area (Å²) in [7, 11) is 0. The Morgan fingerprint density at radius 3 is 2.71 bits per heavy atom. The van der Waals surface area contributed by atoms with Crippen molar-refractivity contribution in [3.63, 3.8) is 0 Å². The second kappa shape index (κ2) is 9.91. The minimum absolute atomic E-state index is 0.184. The molecule has 0 radical (unpaired) electrons. The number of benzene rings is 2. The maximum absolute atomic E-state index is 12.6. The van der Waals surface area contributed by atoms with Gasteiger partial charge in [0, 0.05) is 35.6 Å². The fraction of sp³-hybridized carbons (Fsp3) is 0.250. The average molecular weight is 454 g/mol. The van der Waals surface area contributed by atoms with Crippen molar-refractivity contribution in [2.45, 2.75) is 45.4 Å². The number of carbonyl (C=O) groups is 1. The van der Waals surface area contributed by atoms with Gasteiger partial charge in [-0.2, -0.15) is 0 Å². The van der Waals surface area contributed by atoms with Crippen molar-refractivity contribution < 1.29 is 14.3 Å². The number of ketones is 1. The predicted molar refractivity (Wildman–Crippen MR) is 129 cm³/mol. The van der Waals surface area contributed by atoms with Crippen LogP contribution in [0.2, 0.25) is 0 Å². The summed E-state index contributed by atoms with van der Waals surface area (Å²) >= 11 is 0. The van der Waals surface area contributed by atoms with Gasteiger partial charge >= 0.3 is 0 Å². The van der Waals surface area contributed by atoms with Crippen LogP contribution in [0.4, 0.5) is 0 Å². The Balaban J connectivity index is 1.49. The maximum Gasteiger partial charge on any atom is 0.163 e. The molecule has 0 saturated heterocycles. The van der Waals surface area contributed by atoms with E-state index >= 15 is 0 Å². The zero-order chi connectivity index (χ0) is 23.3. The lowest BCUT2D eigenvalue weighted by molar-refractivity contribution is 0.0971. The zero-order valence-electron chi connectivity index (χ0n) is 19.2. The number of rotatable bonds is 8. The minimum Gasteiger partial charge on any atom is -0.487 e. The van der Waals surface area contributed by atoms with E-state index in [9.17, 15) is 4.79 Å². The Morgan fingerprint density at radius 1 is 1.06 bits per heavy atom. The van der Waals surface area contributed by atoms with Crippen LogP contribution in [0.5, 0.6) is 11.5 Å². The van der Waals surface area contributed by atoms with Crippen molar-refractivity contribution in [2.24, 2.45) is 0 Å². The van der Waals surface area contributed by atoms with E-state index in [-0.39, 0.29) is 11.9 Å². The third-order valence-electron chi connectivity index (χ3n) is 6.16. The molecule has 6 nitrogen and oxygen atoms in total. The lowest BCUT2D eigenvalue weighted by Crippen LogP contribution is -2.19. The first-order valence-corrected chi connectivity index (χ1v) is 11.6. The molecular weight excluding hydrogens is 426 g/mol. The third kappa shape index (κ3) is 4.86. The first-order valence-electron chi connectivity index (χ1n) is 11.6. The highest BCUT2D eigenvalue weighted by Crippen LogP contribution is 2.35. The van der Waals surface area contributed by atoms with Gasteiger partial charge in [-0.25, -0.2) is 4.98 Å². The molecule has 2 heterocycles. The number of nitrogens with zero attached hydrogens (tertiary/aromatic N) is 3. The van der Waals surface area contributed by atoms with Gasteiger partial charge in [-0.05, 0) is 55.2 Å². The summed E-state index contributed by atoms with van der Waals surface area (Å²) in [5.41, 5.74) is 4.75. The van der Waals surface area contributed by atoms with Gasteiger partial charge in [0.05, 0.1) is 19.1 Å². The number of hydrogen-bond acceptors (Lipinski definition) is 5. The number of pyridine rings is 1. The molecule has 2 aromatic heterocycles. The van der Waals surface area contributed by atoms with Crippen molar-refractivity contribution in [1.29, 1.82) is 0 Å². The van der Waals surface area contributed by atoms with Crippen LogP contribution in [-0.4, -0.2) is 20.3 Å². The first-order chi connectivity index (χ1) is 16.7. The van der Waals surface area contributed by atoms with Crippen molar-refractivity contribution in [3.05, 3.63) is 107 Å². The molecule has 2 aromatic carbocycles. The molecule has 0 spiro atoms. The molecule has 0 saturated carbocycles. The number of ether oxygens (including phenoxy) is 2. The van der Waals surface area contributed by atoms with Crippen molar-refractivity contribution in [3.8, 4) is 11.5 Å². The number of aryl methyl sites for hydroxylation is 1. The topological polar surface area (TPSA) is 66.2 Å². The number of fused-ring (bicyclic) bond motifs is 1. The summed E-state index contributed by atoms with van der Waals surface area (Å²) < 4.78 is 14.8. The standard InChI is InChI=1S/C28H27N3O3/c1-20-10-11-22(16-30-20)33-18-25-23-8-5-9-26(32)24(23)12-13-27(25)34-28(17-31-15-14-29-19-31)21-6-3-2-4-7-21/h2-4,6-7,10-16,19,28H,5,8-9,17-18H2,1H3. The Kier molecular flexibility index (Phi) is 6.38. The average Bonchev–Trinajstić information content (AvgIpc) is 3.38. The van der Waals surface area contributed by atoms with Crippen LogP contribution in [0, 0.1) is 6.92 Å². The molecular formula is C28H27N3O3. The highest BCUT2D eigenvalue weighted by Gasteiger charge is 2.25. The molecule has 0 bridgehead atoms. The zero-order valence-corrected chi connectivity index (χ0v) is 19.2. The van der Waals surface area contributed by atoms with Gasteiger partial charge in [-0.1, -0.05) is 30.3 Å². The fourth-order valence-electron chi connectivity index (χ4n) is 4.36. The van der Waals surface area contributed by atoms with Gasteiger partial charge in [0.2, 0.25) is 0 Å². The SMILES string of the molecule is Cc1ccc(OCc2c(OC(Cn3ccnc3)c3ccccc3)ccc3c2CCCC3=O)cn1. The monoisotopic (exact) mass is 453 g/mol. The van der Waals surface area contributed by atoms with E-state index in [1.54, 1.807) is 18.7 Å². The van der Waals surface area contributed by atoms with Gasteiger partial charge in [-0.3, -0.25) is 9.78 Å². The van der Waals surface area contributed by atoms with Crippen LogP contribution in [0.3, 0.4) is 0 Å². The van der Waals surface area contributed by atoms with Crippen LogP contribution in [-0.2, 0) is 19.6 Å². The van der Waals surface area contributed by atoms with Gasteiger partial charge in [0.1, 0.15) is 24.2 Å². The lowest BCUT2D eigenvalue weighted by atomic mass is 9.87. The van der Waals surface area contributed by atoms with Crippen molar-refractivity contribution >= 4 is 5.78 Å². The molecule has 0 fully saturated rings. The normalized spacial score (nSPS) is 13.9. The molecule has 0 aliphatic heterocycles. The fourth-order valence-corrected chi connectivity index (χ4v) is 4.36. The second-order valence-electron chi connectivity index (χ2n) is 8.55. The van der Waals surface area contributed by atoms with E-state index in [4.69, 9.17) is 9.47 Å². The molecule has 4 aromatic rings. The Labute approximate surface area is 199 Å². The smallest absolute Gasteiger partial charge is 0.163 e. The Bertz CT molecular complexity index is 1250. The molecule has 1 atom stereocenters. The van der Waals surface area contributed by atoms with Crippen LogP contribution >= 0.6 is 0 Å². The minimum atomic E-state index is -0.229. The van der Waals surface area contributed by atoms with Crippen LogP contribution in [0.1, 0.15) is 51.7 Å². The van der Waals surface area contributed by atoms with E-state index in [2.05, 4.69) is 22.1 Å². The summed E-state index contributed by atoms with van der Waals surface area (Å²) in [4.78, 5) is 21.1. The van der Waals surface area contributed by atoms with E-state index in [0.717, 1.165) is 46.5 Å². The molecule has 0 N–H and O–H groups in total. The first kappa shape index (κ1) is 21.9. The number of imidazole rings is 1. The van der Waals surface area contributed by atoms with Gasteiger partial charge in [0.15, 0.2) is 5.78 Å².